The first-order valence-corrected chi connectivity index (χ1v) is 9.01. The monoisotopic (exact) mass is 291 g/mol. The molecule has 21 heavy (non-hydrogen) atoms. The lowest BCUT2D eigenvalue weighted by Crippen LogP contribution is -2.36. The summed E-state index contributed by atoms with van der Waals surface area (Å²) in [5, 5.41) is 8.31. The van der Waals surface area contributed by atoms with Gasteiger partial charge in [0, 0.05) is 24.7 Å². The minimum Gasteiger partial charge on any atom is -0.316 e. The van der Waals surface area contributed by atoms with Gasteiger partial charge < -0.3 is 5.32 Å². The zero-order chi connectivity index (χ0) is 15.1. The highest BCUT2D eigenvalue weighted by atomic mass is 15.3. The molecule has 0 radical (unpaired) electrons. The van der Waals surface area contributed by atoms with Crippen molar-refractivity contribution in [3.05, 3.63) is 17.5 Å². The third kappa shape index (κ3) is 4.57. The molecule has 120 valence electrons. The van der Waals surface area contributed by atoms with Gasteiger partial charge in [-0.2, -0.15) is 5.10 Å². The third-order valence-electron chi connectivity index (χ3n) is 5.09. The van der Waals surface area contributed by atoms with Gasteiger partial charge >= 0.3 is 0 Å². The zero-order valence-corrected chi connectivity index (χ0v) is 14.2. The molecule has 0 saturated heterocycles. The van der Waals surface area contributed by atoms with Crippen molar-refractivity contribution in [3.63, 3.8) is 0 Å². The number of likely N-dealkylation sites (N-methyl/N-ethyl adjacent to an activating group) is 1. The van der Waals surface area contributed by atoms with Gasteiger partial charge in [0.05, 0.1) is 5.69 Å². The lowest BCUT2D eigenvalue weighted by molar-refractivity contribution is 0.290. The van der Waals surface area contributed by atoms with Crippen molar-refractivity contribution in [1.29, 1.82) is 0 Å². The largest absolute Gasteiger partial charge is 0.316 e. The molecule has 2 rings (SSSR count). The Balaban J connectivity index is 2.04. The molecule has 0 aliphatic heterocycles. The first-order valence-electron chi connectivity index (χ1n) is 9.01. The van der Waals surface area contributed by atoms with E-state index in [-0.39, 0.29) is 0 Å². The fourth-order valence-corrected chi connectivity index (χ4v) is 3.75. The molecule has 1 heterocycles. The van der Waals surface area contributed by atoms with E-state index in [4.69, 9.17) is 5.10 Å². The van der Waals surface area contributed by atoms with Crippen LogP contribution >= 0.6 is 0 Å². The summed E-state index contributed by atoms with van der Waals surface area (Å²) in [4.78, 5) is 0. The predicted octanol–water partition coefficient (Wildman–Crippen LogP) is 3.96. The molecule has 1 aromatic heterocycles. The van der Waals surface area contributed by atoms with Gasteiger partial charge in [-0.05, 0) is 45.2 Å². The Morgan fingerprint density at radius 2 is 1.86 bits per heavy atom. The van der Waals surface area contributed by atoms with Crippen LogP contribution in [-0.2, 0) is 19.4 Å². The van der Waals surface area contributed by atoms with Crippen molar-refractivity contribution in [2.24, 2.45) is 5.92 Å². The Morgan fingerprint density at radius 1 is 1.19 bits per heavy atom. The second-order valence-corrected chi connectivity index (χ2v) is 6.50. The van der Waals surface area contributed by atoms with Crippen LogP contribution in [0.3, 0.4) is 0 Å². The standard InChI is InChI=1S/C18H33N3/c1-4-16-13-17(21(5-2)20-16)14-18(19-3)15-11-9-7-6-8-10-12-15/h13,15,18-19H,4-12,14H2,1-3H3. The minimum atomic E-state index is 0.606. The second-order valence-electron chi connectivity index (χ2n) is 6.50. The average Bonchev–Trinajstić information content (AvgIpc) is 2.87. The Labute approximate surface area is 130 Å². The van der Waals surface area contributed by atoms with Crippen molar-refractivity contribution < 1.29 is 0 Å². The Kier molecular flexibility index (Phi) is 6.75. The van der Waals surface area contributed by atoms with E-state index < -0.39 is 0 Å². The van der Waals surface area contributed by atoms with E-state index in [0.717, 1.165) is 25.3 Å². The lowest BCUT2D eigenvalue weighted by atomic mass is 9.84. The summed E-state index contributed by atoms with van der Waals surface area (Å²) in [6, 6.07) is 2.92. The van der Waals surface area contributed by atoms with Crippen LogP contribution in [0.15, 0.2) is 6.07 Å². The summed E-state index contributed by atoms with van der Waals surface area (Å²) in [6.45, 7) is 5.37. The van der Waals surface area contributed by atoms with Crippen molar-refractivity contribution >= 4 is 0 Å². The van der Waals surface area contributed by atoms with Gasteiger partial charge in [0.15, 0.2) is 0 Å². The molecule has 0 spiro atoms. The maximum Gasteiger partial charge on any atom is 0.0624 e. The molecule has 1 aliphatic carbocycles. The average molecular weight is 291 g/mol. The number of aromatic nitrogens is 2. The molecule has 0 aromatic carbocycles. The number of nitrogens with zero attached hydrogens (tertiary/aromatic N) is 2. The molecule has 1 atom stereocenters. The first-order chi connectivity index (χ1) is 10.3. The van der Waals surface area contributed by atoms with E-state index in [1.165, 1.54) is 56.3 Å². The summed E-state index contributed by atoms with van der Waals surface area (Å²) in [5.74, 6) is 0.834. The molecule has 3 nitrogen and oxygen atoms in total. The van der Waals surface area contributed by atoms with E-state index in [2.05, 4.69) is 37.0 Å². The molecule has 1 unspecified atom stereocenters. The summed E-state index contributed by atoms with van der Waals surface area (Å²) < 4.78 is 2.20. The maximum absolute atomic E-state index is 4.70. The van der Waals surface area contributed by atoms with Crippen LogP contribution in [-0.4, -0.2) is 22.9 Å². The van der Waals surface area contributed by atoms with Crippen LogP contribution in [0.4, 0.5) is 0 Å². The Morgan fingerprint density at radius 3 is 2.43 bits per heavy atom. The molecular formula is C18H33N3. The molecule has 1 fully saturated rings. The molecule has 1 saturated carbocycles. The number of rotatable bonds is 6. The van der Waals surface area contributed by atoms with Gasteiger partial charge in [-0.25, -0.2) is 0 Å². The normalized spacial score (nSPS) is 19.2. The summed E-state index contributed by atoms with van der Waals surface area (Å²) in [6.07, 6.45) is 12.1. The van der Waals surface area contributed by atoms with E-state index in [1.807, 2.05) is 0 Å². The van der Waals surface area contributed by atoms with Gasteiger partial charge in [0.1, 0.15) is 0 Å². The smallest absolute Gasteiger partial charge is 0.0624 e. The van der Waals surface area contributed by atoms with Gasteiger partial charge in [0.2, 0.25) is 0 Å². The van der Waals surface area contributed by atoms with Crippen molar-refractivity contribution in [3.8, 4) is 0 Å². The highest BCUT2D eigenvalue weighted by molar-refractivity contribution is 5.12. The Bertz CT molecular complexity index is 403. The van der Waals surface area contributed by atoms with Crippen molar-refractivity contribution in [2.75, 3.05) is 7.05 Å². The van der Waals surface area contributed by atoms with Gasteiger partial charge in [-0.1, -0.05) is 39.0 Å². The highest BCUT2D eigenvalue weighted by Crippen LogP contribution is 2.26. The Hall–Kier alpha value is -0.830. The summed E-state index contributed by atoms with van der Waals surface area (Å²) >= 11 is 0. The quantitative estimate of drug-likeness (QED) is 0.860. The van der Waals surface area contributed by atoms with E-state index >= 15 is 0 Å². The maximum atomic E-state index is 4.70. The van der Waals surface area contributed by atoms with Crippen LogP contribution in [0.5, 0.6) is 0 Å². The fourth-order valence-electron chi connectivity index (χ4n) is 3.75. The fraction of sp³-hybridized carbons (Fsp3) is 0.833. The minimum absolute atomic E-state index is 0.606. The van der Waals surface area contributed by atoms with Crippen LogP contribution in [0.2, 0.25) is 0 Å². The molecule has 1 aliphatic rings. The molecule has 3 heteroatoms. The zero-order valence-electron chi connectivity index (χ0n) is 14.2. The number of aryl methyl sites for hydroxylation is 2. The van der Waals surface area contributed by atoms with Crippen molar-refractivity contribution in [2.45, 2.75) is 84.2 Å². The van der Waals surface area contributed by atoms with Crippen LogP contribution in [0, 0.1) is 5.92 Å². The second kappa shape index (κ2) is 8.57. The van der Waals surface area contributed by atoms with E-state index in [1.54, 1.807) is 0 Å². The van der Waals surface area contributed by atoms with Gasteiger partial charge in [-0.3, -0.25) is 4.68 Å². The SMILES string of the molecule is CCc1cc(CC(NC)C2CCCCCCC2)n(CC)n1. The van der Waals surface area contributed by atoms with Crippen LogP contribution < -0.4 is 5.32 Å². The molecule has 1 N–H and O–H groups in total. The highest BCUT2D eigenvalue weighted by Gasteiger charge is 2.22. The topological polar surface area (TPSA) is 29.9 Å². The predicted molar refractivity (Wildman–Crippen MR) is 89.6 cm³/mol. The van der Waals surface area contributed by atoms with Crippen LogP contribution in [0.25, 0.3) is 0 Å². The van der Waals surface area contributed by atoms with Crippen molar-refractivity contribution in [1.82, 2.24) is 15.1 Å². The van der Waals surface area contributed by atoms with Crippen LogP contribution in [0.1, 0.15) is 70.2 Å². The number of hydrogen-bond acceptors (Lipinski definition) is 2. The first kappa shape index (κ1) is 16.5. The number of hydrogen-bond donors (Lipinski definition) is 1. The lowest BCUT2D eigenvalue weighted by Gasteiger charge is -2.28. The number of nitrogens with one attached hydrogen (secondary N) is 1. The molecule has 0 bridgehead atoms. The molecular weight excluding hydrogens is 258 g/mol. The summed E-state index contributed by atoms with van der Waals surface area (Å²) in [5.41, 5.74) is 2.65. The van der Waals surface area contributed by atoms with E-state index in [0.29, 0.717) is 6.04 Å². The third-order valence-corrected chi connectivity index (χ3v) is 5.09. The molecule has 1 aromatic rings. The van der Waals surface area contributed by atoms with E-state index in [9.17, 15) is 0 Å². The van der Waals surface area contributed by atoms with Gasteiger partial charge in [-0.15, -0.1) is 0 Å². The molecule has 0 amide bonds. The van der Waals surface area contributed by atoms with Gasteiger partial charge in [0.25, 0.3) is 0 Å². The summed E-state index contributed by atoms with van der Waals surface area (Å²) in [7, 11) is 2.14.